The van der Waals surface area contributed by atoms with Gasteiger partial charge >= 0.3 is 0 Å². The molecule has 1 saturated heterocycles. The van der Waals surface area contributed by atoms with Gasteiger partial charge in [-0.25, -0.2) is 0 Å². The van der Waals surface area contributed by atoms with Crippen molar-refractivity contribution in [3.8, 4) is 5.75 Å². The number of likely N-dealkylation sites (tertiary alicyclic amines) is 1. The van der Waals surface area contributed by atoms with Crippen LogP contribution in [0.15, 0.2) is 36.4 Å². The van der Waals surface area contributed by atoms with E-state index in [4.69, 9.17) is 27.9 Å². The fourth-order valence-electron chi connectivity index (χ4n) is 6.06. The third-order valence-electron chi connectivity index (χ3n) is 7.92. The Morgan fingerprint density at radius 3 is 2.44 bits per heavy atom. The third kappa shape index (κ3) is 5.90. The number of fused-ring (bicyclic) bond motifs is 1. The smallest absolute Gasteiger partial charge is 0.229 e. The second kappa shape index (κ2) is 11.5. The van der Waals surface area contributed by atoms with Gasteiger partial charge in [-0.3, -0.25) is 19.4 Å². The molecule has 2 aromatic carbocycles. The number of amides is 2. The maximum atomic E-state index is 11.8. The van der Waals surface area contributed by atoms with Gasteiger partial charge in [0.2, 0.25) is 11.8 Å². The largest absolute Gasteiger partial charge is 0.490 e. The first-order chi connectivity index (χ1) is 17.5. The highest BCUT2D eigenvalue weighted by Crippen LogP contribution is 2.39. The molecule has 1 saturated carbocycles. The van der Waals surface area contributed by atoms with Gasteiger partial charge in [-0.05, 0) is 72.6 Å². The van der Waals surface area contributed by atoms with Crippen LogP contribution in [0.3, 0.4) is 0 Å². The molecule has 3 aliphatic rings. The number of imide groups is 1. The number of nitrogens with zero attached hydrogens (tertiary/aromatic N) is 2. The Kier molecular flexibility index (Phi) is 8.19. The Balaban J connectivity index is 1.27. The fraction of sp³-hybridized carbons (Fsp3) is 0.517. The average molecular weight is 530 g/mol. The molecular formula is C29H34Cl2N2O3. The summed E-state index contributed by atoms with van der Waals surface area (Å²) in [7, 11) is 0. The number of carbonyl (C=O) groups is 2. The molecule has 0 N–H and O–H groups in total. The predicted octanol–water partition coefficient (Wildman–Crippen LogP) is 6.59. The molecule has 5 rings (SSSR count). The third-order valence-corrected chi connectivity index (χ3v) is 8.45. The molecule has 0 radical (unpaired) electrons. The number of benzene rings is 2. The van der Waals surface area contributed by atoms with Crippen molar-refractivity contribution in [3.63, 3.8) is 0 Å². The molecule has 36 heavy (non-hydrogen) atoms. The van der Waals surface area contributed by atoms with Gasteiger partial charge in [-0.15, -0.1) is 0 Å². The lowest BCUT2D eigenvalue weighted by atomic mass is 9.88. The lowest BCUT2D eigenvalue weighted by Crippen LogP contribution is -2.33. The number of carbonyl (C=O) groups excluding carboxylic acids is 2. The Labute approximate surface area is 223 Å². The number of hydrogen-bond acceptors (Lipinski definition) is 4. The Morgan fingerprint density at radius 2 is 1.69 bits per heavy atom. The minimum Gasteiger partial charge on any atom is -0.490 e. The molecular weight excluding hydrogens is 495 g/mol. The molecule has 1 atom stereocenters. The van der Waals surface area contributed by atoms with E-state index >= 15 is 0 Å². The summed E-state index contributed by atoms with van der Waals surface area (Å²) in [5, 5.41) is 1.37. The van der Waals surface area contributed by atoms with Crippen LogP contribution in [-0.2, 0) is 22.6 Å². The molecule has 1 heterocycles. The van der Waals surface area contributed by atoms with Gasteiger partial charge in [0.05, 0.1) is 11.6 Å². The number of rotatable bonds is 9. The summed E-state index contributed by atoms with van der Waals surface area (Å²) >= 11 is 12.9. The molecule has 2 aromatic rings. The van der Waals surface area contributed by atoms with Crippen molar-refractivity contribution < 1.29 is 14.3 Å². The zero-order valence-corrected chi connectivity index (χ0v) is 22.2. The highest BCUT2D eigenvalue weighted by molar-refractivity contribution is 6.32. The van der Waals surface area contributed by atoms with Crippen molar-refractivity contribution >= 4 is 35.0 Å². The number of halogens is 2. The number of aryl methyl sites for hydroxylation is 1. The minimum atomic E-state index is -0.126. The van der Waals surface area contributed by atoms with Crippen LogP contribution in [0.2, 0.25) is 10.0 Å². The Hall–Kier alpha value is -2.08. The first kappa shape index (κ1) is 25.6. The Bertz CT molecular complexity index is 1100. The maximum absolute atomic E-state index is 11.8. The summed E-state index contributed by atoms with van der Waals surface area (Å²) in [6, 6.07) is 12.7. The fourth-order valence-corrected chi connectivity index (χ4v) is 6.51. The summed E-state index contributed by atoms with van der Waals surface area (Å²) in [5.74, 6) is 1.07. The van der Waals surface area contributed by atoms with Crippen molar-refractivity contribution in [2.75, 3.05) is 19.7 Å². The van der Waals surface area contributed by atoms with Crippen LogP contribution in [0.5, 0.6) is 5.75 Å². The maximum Gasteiger partial charge on any atom is 0.229 e. The average Bonchev–Trinajstić information content (AvgIpc) is 3.43. The quantitative estimate of drug-likeness (QED) is 0.344. The van der Waals surface area contributed by atoms with Crippen molar-refractivity contribution in [1.29, 1.82) is 0 Å². The second-order valence-corrected chi connectivity index (χ2v) is 11.2. The monoisotopic (exact) mass is 528 g/mol. The standard InChI is InChI=1S/C29H34Cl2N2O3/c30-23-8-9-24-22(17-23)7-10-26(24)32(18-20-4-2-1-3-5-20)19-21-6-11-27(25(31)16-21)36-15-14-33-28(34)12-13-29(33)35/h6,8-9,11,16-17,20,26H,1-5,7,10,12-15,18-19H2. The van der Waals surface area contributed by atoms with E-state index < -0.39 is 0 Å². The molecule has 2 aliphatic carbocycles. The lowest BCUT2D eigenvalue weighted by Gasteiger charge is -2.34. The van der Waals surface area contributed by atoms with Crippen LogP contribution < -0.4 is 4.74 Å². The van der Waals surface area contributed by atoms with E-state index in [0.717, 1.165) is 42.4 Å². The minimum absolute atomic E-state index is 0.126. The van der Waals surface area contributed by atoms with Crippen molar-refractivity contribution in [3.05, 3.63) is 63.1 Å². The van der Waals surface area contributed by atoms with Crippen molar-refractivity contribution in [2.24, 2.45) is 5.92 Å². The van der Waals surface area contributed by atoms with E-state index in [9.17, 15) is 9.59 Å². The van der Waals surface area contributed by atoms with Gasteiger partial charge in [0, 0.05) is 37.0 Å². The predicted molar refractivity (Wildman–Crippen MR) is 142 cm³/mol. The van der Waals surface area contributed by atoms with Crippen molar-refractivity contribution in [1.82, 2.24) is 9.80 Å². The molecule has 1 unspecified atom stereocenters. The molecule has 2 amide bonds. The lowest BCUT2D eigenvalue weighted by molar-refractivity contribution is -0.138. The van der Waals surface area contributed by atoms with Gasteiger partial charge < -0.3 is 4.74 Å². The molecule has 2 fully saturated rings. The summed E-state index contributed by atoms with van der Waals surface area (Å²) in [6.07, 6.45) is 9.43. The normalized spacial score (nSPS) is 20.4. The molecule has 0 aromatic heterocycles. The van der Waals surface area contributed by atoms with Crippen LogP contribution >= 0.6 is 23.2 Å². The highest BCUT2D eigenvalue weighted by Gasteiger charge is 2.31. The number of ether oxygens (including phenoxy) is 1. The molecule has 1 aliphatic heterocycles. The first-order valence-electron chi connectivity index (χ1n) is 13.2. The van der Waals surface area contributed by atoms with Crippen molar-refractivity contribution in [2.45, 2.75) is 70.4 Å². The number of hydrogen-bond donors (Lipinski definition) is 0. The summed E-state index contributed by atoms with van der Waals surface area (Å²) in [4.78, 5) is 27.5. The van der Waals surface area contributed by atoms with Crippen LogP contribution in [0.25, 0.3) is 0 Å². The zero-order chi connectivity index (χ0) is 25.1. The SMILES string of the molecule is O=C1CCC(=O)N1CCOc1ccc(CN(CC2CCCCC2)C2CCc3cc(Cl)ccc32)cc1Cl. The molecule has 0 spiro atoms. The van der Waals surface area contributed by atoms with E-state index in [1.54, 1.807) is 0 Å². The van der Waals surface area contributed by atoms with E-state index in [2.05, 4.69) is 23.1 Å². The molecule has 5 nitrogen and oxygen atoms in total. The van der Waals surface area contributed by atoms with Gasteiger partial charge in [-0.2, -0.15) is 0 Å². The van der Waals surface area contributed by atoms with E-state index in [0.29, 0.717) is 29.7 Å². The highest BCUT2D eigenvalue weighted by atomic mass is 35.5. The van der Waals surface area contributed by atoms with Crippen LogP contribution in [0.4, 0.5) is 0 Å². The summed E-state index contributed by atoms with van der Waals surface area (Å²) in [6.45, 7) is 2.43. The molecule has 0 bridgehead atoms. The Morgan fingerprint density at radius 1 is 0.917 bits per heavy atom. The topological polar surface area (TPSA) is 49.9 Å². The van der Waals surface area contributed by atoms with Crippen LogP contribution in [0.1, 0.15) is 74.1 Å². The van der Waals surface area contributed by atoms with Crippen LogP contribution in [0, 0.1) is 5.92 Å². The summed E-state index contributed by atoms with van der Waals surface area (Å²) < 4.78 is 5.83. The van der Waals surface area contributed by atoms with E-state index in [1.807, 2.05) is 18.2 Å². The zero-order valence-electron chi connectivity index (χ0n) is 20.7. The van der Waals surface area contributed by atoms with E-state index in [-0.39, 0.29) is 25.0 Å². The van der Waals surface area contributed by atoms with Crippen LogP contribution in [-0.4, -0.2) is 41.3 Å². The molecule has 7 heteroatoms. The van der Waals surface area contributed by atoms with E-state index in [1.165, 1.54) is 48.1 Å². The van der Waals surface area contributed by atoms with Gasteiger partial charge in [0.15, 0.2) is 0 Å². The van der Waals surface area contributed by atoms with Gasteiger partial charge in [0.25, 0.3) is 0 Å². The first-order valence-corrected chi connectivity index (χ1v) is 14.0. The summed E-state index contributed by atoms with van der Waals surface area (Å²) in [5.41, 5.74) is 3.95. The van der Waals surface area contributed by atoms with Gasteiger partial charge in [-0.1, -0.05) is 54.6 Å². The molecule has 192 valence electrons. The second-order valence-electron chi connectivity index (χ2n) is 10.4. The van der Waals surface area contributed by atoms with Gasteiger partial charge in [0.1, 0.15) is 12.4 Å².